The summed E-state index contributed by atoms with van der Waals surface area (Å²) in [6.07, 6.45) is 9.77. The van der Waals surface area contributed by atoms with Gasteiger partial charge in [0.2, 0.25) is 5.71 Å². The number of aromatic carboxylic acids is 2. The van der Waals surface area contributed by atoms with E-state index in [9.17, 15) is 45.7 Å². The summed E-state index contributed by atoms with van der Waals surface area (Å²) in [6.45, 7) is 14.1. The molecule has 1 aliphatic carbocycles. The molecule has 0 unspecified atom stereocenters. The number of rotatable bonds is 14. The van der Waals surface area contributed by atoms with E-state index in [2.05, 4.69) is 30.6 Å². The zero-order valence-corrected chi connectivity index (χ0v) is 34.3. The fraction of sp³-hybridized carbons (Fsp3) is 0.439. The van der Waals surface area contributed by atoms with E-state index >= 15 is 0 Å². The van der Waals surface area contributed by atoms with Crippen LogP contribution in [-0.2, 0) is 31.1 Å². The first-order valence-electron chi connectivity index (χ1n) is 18.7. The lowest BCUT2D eigenvalue weighted by Gasteiger charge is -2.27. The molecule has 0 amide bonds. The van der Waals surface area contributed by atoms with Gasteiger partial charge in [-0.2, -0.15) is 0 Å². The first-order chi connectivity index (χ1) is 26.1. The summed E-state index contributed by atoms with van der Waals surface area (Å²) in [4.78, 5) is 27.7. The molecule has 2 heterocycles. The summed E-state index contributed by atoms with van der Waals surface area (Å²) in [5.74, 6) is -3.16. The van der Waals surface area contributed by atoms with E-state index in [-0.39, 0.29) is 37.1 Å². The van der Waals surface area contributed by atoms with Gasteiger partial charge in [-0.3, -0.25) is 0 Å². The number of hydrogen-bond acceptors (Lipinski definition) is 10. The van der Waals surface area contributed by atoms with Crippen molar-refractivity contribution in [2.45, 2.75) is 78.1 Å². The summed E-state index contributed by atoms with van der Waals surface area (Å²) in [5.41, 5.74) is 6.94. The monoisotopic (exact) mass is 808 g/mol. The van der Waals surface area contributed by atoms with Crippen LogP contribution in [-0.4, -0.2) is 96.1 Å². The van der Waals surface area contributed by atoms with Crippen LogP contribution in [0.2, 0.25) is 0 Å². The largest absolute Gasteiger partial charge is 0.748 e. The van der Waals surface area contributed by atoms with Crippen LogP contribution in [0.25, 0.3) is 0 Å². The Morgan fingerprint density at radius 3 is 1.39 bits per heavy atom. The van der Waals surface area contributed by atoms with Gasteiger partial charge in [0, 0.05) is 69.3 Å². The minimum Gasteiger partial charge on any atom is -0.748 e. The molecule has 3 aliphatic rings. The SMILES string of the molecule is CC[N+](CC)=C1/C(=C/C=C2\N(CCCS(=O)(=O)[O-])c3ccc(C(=O)O)cc3C2(C)C)CC/C1=C\C=C1/N(CCCS(=O)(=O)[O-])c2ccc(C(=O)O)cc2C1(C)C. The van der Waals surface area contributed by atoms with Crippen molar-refractivity contribution in [1.82, 2.24) is 0 Å². The van der Waals surface area contributed by atoms with Crippen LogP contribution in [0.15, 0.2) is 83.2 Å². The molecule has 0 bridgehead atoms. The van der Waals surface area contributed by atoms with E-state index in [1.807, 2.05) is 49.6 Å². The molecule has 0 radical (unpaired) electrons. The molecule has 0 atom stereocenters. The summed E-state index contributed by atoms with van der Waals surface area (Å²) in [7, 11) is -8.87. The van der Waals surface area contributed by atoms with Crippen LogP contribution in [0.1, 0.15) is 99.1 Å². The summed E-state index contributed by atoms with van der Waals surface area (Å²) in [5, 5.41) is 19.5. The molecule has 0 saturated heterocycles. The third kappa shape index (κ3) is 8.85. The zero-order valence-electron chi connectivity index (χ0n) is 32.7. The topological polar surface area (TPSA) is 198 Å². The molecule has 302 valence electrons. The Morgan fingerprint density at radius 2 is 1.07 bits per heavy atom. The fourth-order valence-electron chi connectivity index (χ4n) is 8.24. The van der Waals surface area contributed by atoms with E-state index in [0.29, 0.717) is 12.8 Å². The maximum absolute atomic E-state index is 11.9. The molecule has 56 heavy (non-hydrogen) atoms. The van der Waals surface area contributed by atoms with Crippen molar-refractivity contribution in [3.8, 4) is 0 Å². The third-order valence-corrected chi connectivity index (χ3v) is 12.6. The number of carboxylic acid groups (broad SMARTS) is 2. The Hall–Kier alpha value is -4.57. The molecule has 0 spiro atoms. The molecule has 1 saturated carbocycles. The lowest BCUT2D eigenvalue weighted by molar-refractivity contribution is -0.519. The average Bonchev–Trinajstić information content (AvgIpc) is 3.67. The maximum atomic E-state index is 11.9. The van der Waals surface area contributed by atoms with Crippen LogP contribution in [0.3, 0.4) is 0 Å². The molecule has 0 aromatic heterocycles. The van der Waals surface area contributed by atoms with Gasteiger partial charge in [0.05, 0.1) is 31.4 Å². The number of hydrogen-bond donors (Lipinski definition) is 2. The molecule has 2 N–H and O–H groups in total. The number of fused-ring (bicyclic) bond motifs is 2. The van der Waals surface area contributed by atoms with Gasteiger partial charge >= 0.3 is 11.9 Å². The Bertz CT molecular complexity index is 2160. The highest BCUT2D eigenvalue weighted by Crippen LogP contribution is 2.50. The highest BCUT2D eigenvalue weighted by Gasteiger charge is 2.42. The molecule has 13 nitrogen and oxygen atoms in total. The van der Waals surface area contributed by atoms with E-state index in [4.69, 9.17) is 0 Å². The molecule has 15 heteroatoms. The van der Waals surface area contributed by atoms with Gasteiger partial charge in [-0.1, -0.05) is 39.8 Å². The second kappa shape index (κ2) is 16.1. The van der Waals surface area contributed by atoms with Crippen LogP contribution in [0.5, 0.6) is 0 Å². The Labute approximate surface area is 329 Å². The molecule has 2 aliphatic heterocycles. The standard InChI is InChI=1S/C41H51N3O10S2/c1-7-42(8-2)37-27(15-19-35-40(3,4)31-25-29(38(45)46)13-17-33(31)43(35)21-9-23-55(49,50)51)11-12-28(37)16-20-36-41(5,6)32-26-30(39(47)48)14-18-34(32)44(36)22-10-24-56(52,53)54/h13-20,25-26H,7-12,21-24H2,1-6H3,(H3-,45,46,47,48,49,50,51,52,53,54)/p-1. The van der Waals surface area contributed by atoms with Gasteiger partial charge < -0.3 is 29.1 Å². The minimum atomic E-state index is -4.43. The van der Waals surface area contributed by atoms with Crippen molar-refractivity contribution < 1.29 is 50.3 Å². The van der Waals surface area contributed by atoms with Crippen molar-refractivity contribution in [3.63, 3.8) is 0 Å². The van der Waals surface area contributed by atoms with Gasteiger partial charge in [0.15, 0.2) is 0 Å². The summed E-state index contributed by atoms with van der Waals surface area (Å²) in [6, 6.07) is 9.79. The number of carboxylic acids is 2. The summed E-state index contributed by atoms with van der Waals surface area (Å²) >= 11 is 0. The van der Waals surface area contributed by atoms with Gasteiger partial charge in [-0.15, -0.1) is 0 Å². The number of anilines is 2. The second-order valence-electron chi connectivity index (χ2n) is 15.4. The predicted octanol–water partition coefficient (Wildman–Crippen LogP) is 5.76. The Balaban J connectivity index is 1.58. The lowest BCUT2D eigenvalue weighted by Crippen LogP contribution is -2.28. The predicted molar refractivity (Wildman–Crippen MR) is 214 cm³/mol. The smallest absolute Gasteiger partial charge is 0.335 e. The van der Waals surface area contributed by atoms with E-state index in [1.165, 1.54) is 12.1 Å². The molecule has 1 fully saturated rings. The van der Waals surface area contributed by atoms with Crippen molar-refractivity contribution in [2.24, 2.45) is 0 Å². The highest BCUT2D eigenvalue weighted by atomic mass is 32.2. The van der Waals surface area contributed by atoms with Gasteiger partial charge in [0.25, 0.3) is 0 Å². The van der Waals surface area contributed by atoms with Gasteiger partial charge in [0.1, 0.15) is 13.1 Å². The second-order valence-corrected chi connectivity index (χ2v) is 18.4. The van der Waals surface area contributed by atoms with Crippen LogP contribution in [0, 0.1) is 0 Å². The highest BCUT2D eigenvalue weighted by molar-refractivity contribution is 7.85. The normalized spacial score (nSPS) is 20.4. The Morgan fingerprint density at radius 1 is 0.696 bits per heavy atom. The van der Waals surface area contributed by atoms with Crippen molar-refractivity contribution in [2.75, 3.05) is 47.5 Å². The Kier molecular flexibility index (Phi) is 12.3. The average molecular weight is 809 g/mol. The molecule has 2 aromatic rings. The molecular formula is C41H50N3O10S2-. The van der Waals surface area contributed by atoms with Crippen LogP contribution in [0.4, 0.5) is 11.4 Å². The molecule has 2 aromatic carbocycles. The number of carbonyl (C=O) groups is 2. The van der Waals surface area contributed by atoms with E-state index in [0.717, 1.165) is 63.8 Å². The van der Waals surface area contributed by atoms with Gasteiger partial charge in [-0.05, 0) is 99.2 Å². The van der Waals surface area contributed by atoms with Crippen LogP contribution >= 0.6 is 0 Å². The number of benzene rings is 2. The number of nitrogens with zero attached hydrogens (tertiary/aromatic N) is 3. The van der Waals surface area contributed by atoms with Crippen molar-refractivity contribution in [1.29, 1.82) is 0 Å². The maximum Gasteiger partial charge on any atom is 0.335 e. The quantitative estimate of drug-likeness (QED) is 0.173. The molecule has 5 rings (SSSR count). The first-order valence-corrected chi connectivity index (χ1v) is 21.9. The third-order valence-electron chi connectivity index (χ3n) is 11.1. The van der Waals surface area contributed by atoms with Crippen LogP contribution < -0.4 is 9.80 Å². The zero-order chi connectivity index (χ0) is 41.4. The van der Waals surface area contributed by atoms with Crippen molar-refractivity contribution >= 4 is 49.3 Å². The lowest BCUT2D eigenvalue weighted by atomic mass is 9.83. The van der Waals surface area contributed by atoms with E-state index < -0.39 is 54.5 Å². The fourth-order valence-corrected chi connectivity index (χ4v) is 9.20. The van der Waals surface area contributed by atoms with Crippen molar-refractivity contribution in [3.05, 3.63) is 105 Å². The van der Waals surface area contributed by atoms with Gasteiger partial charge in [-0.25, -0.2) is 31.0 Å². The number of allylic oxidation sites excluding steroid dienone is 8. The van der Waals surface area contributed by atoms with E-state index in [1.54, 1.807) is 24.3 Å². The minimum absolute atomic E-state index is 0.0931. The molecular weight excluding hydrogens is 759 g/mol. The summed E-state index contributed by atoms with van der Waals surface area (Å²) < 4.78 is 71.3. The first kappa shape index (κ1) is 42.6.